The minimum Gasteiger partial charge on any atom is -0.427 e. The van der Waals surface area contributed by atoms with Gasteiger partial charge in [-0.2, -0.15) is 0 Å². The van der Waals surface area contributed by atoms with E-state index in [1.165, 1.54) is 0 Å². The fourth-order valence-electron chi connectivity index (χ4n) is 3.22. The van der Waals surface area contributed by atoms with Crippen molar-refractivity contribution in [1.29, 1.82) is 0 Å². The molecule has 0 spiro atoms. The summed E-state index contributed by atoms with van der Waals surface area (Å²) in [6.07, 6.45) is -0.221. The van der Waals surface area contributed by atoms with Gasteiger partial charge in [0.2, 0.25) is 0 Å². The topological polar surface area (TPSA) is 86.7 Å². The van der Waals surface area contributed by atoms with Gasteiger partial charge in [-0.25, -0.2) is 8.42 Å². The first-order chi connectivity index (χ1) is 13.7. The van der Waals surface area contributed by atoms with E-state index in [0.717, 1.165) is 0 Å². The zero-order valence-electron chi connectivity index (χ0n) is 15.2. The van der Waals surface area contributed by atoms with Crippen molar-refractivity contribution in [2.45, 2.75) is 12.8 Å². The molecule has 1 heterocycles. The van der Waals surface area contributed by atoms with Gasteiger partial charge in [-0.15, -0.1) is 0 Å². The molecule has 2 aromatic carbocycles. The van der Waals surface area contributed by atoms with Crippen molar-refractivity contribution in [2.24, 2.45) is 11.8 Å². The number of hydrogen-bond donors (Lipinski definition) is 0. The molecular weight excluding hydrogens is 439 g/mol. The maximum Gasteiger partial charge on any atom is 0.311 e. The minimum absolute atomic E-state index is 0.110. The van der Waals surface area contributed by atoms with E-state index in [2.05, 4.69) is 0 Å². The van der Waals surface area contributed by atoms with Gasteiger partial charge in [-0.3, -0.25) is 9.59 Å². The SMILES string of the molecule is O=C(C[C@H]1CS(=O)(=O)C[C@@H]1CC(=O)Oc1ccc(Cl)cc1)Oc1ccc(Cl)cc1. The first kappa shape index (κ1) is 21.6. The zero-order chi connectivity index (χ0) is 21.0. The van der Waals surface area contributed by atoms with Crippen molar-refractivity contribution in [3.63, 3.8) is 0 Å². The lowest BCUT2D eigenvalue weighted by atomic mass is 9.90. The van der Waals surface area contributed by atoms with Crippen LogP contribution in [0.25, 0.3) is 0 Å². The van der Waals surface area contributed by atoms with Gasteiger partial charge in [0.15, 0.2) is 9.84 Å². The van der Waals surface area contributed by atoms with Gasteiger partial charge >= 0.3 is 11.9 Å². The van der Waals surface area contributed by atoms with Gasteiger partial charge in [-0.1, -0.05) is 23.2 Å². The minimum atomic E-state index is -3.34. The summed E-state index contributed by atoms with van der Waals surface area (Å²) in [4.78, 5) is 24.5. The highest BCUT2D eigenvalue weighted by molar-refractivity contribution is 7.91. The Hall–Kier alpha value is -2.09. The summed E-state index contributed by atoms with van der Waals surface area (Å²) in [5, 5.41) is 1.01. The average molecular weight is 457 g/mol. The smallest absolute Gasteiger partial charge is 0.311 e. The van der Waals surface area contributed by atoms with E-state index in [9.17, 15) is 18.0 Å². The molecule has 6 nitrogen and oxygen atoms in total. The highest BCUT2D eigenvalue weighted by Gasteiger charge is 2.40. The van der Waals surface area contributed by atoms with Crippen LogP contribution in [0.2, 0.25) is 10.0 Å². The van der Waals surface area contributed by atoms with Gasteiger partial charge in [0.05, 0.1) is 24.3 Å². The summed E-state index contributed by atoms with van der Waals surface area (Å²) in [6, 6.07) is 12.5. The van der Waals surface area contributed by atoms with E-state index in [1.807, 2.05) is 0 Å². The fraction of sp³-hybridized carbons (Fsp3) is 0.300. The molecule has 0 aliphatic carbocycles. The third-order valence-corrected chi connectivity index (χ3v) is 6.93. The van der Waals surface area contributed by atoms with Crippen LogP contribution < -0.4 is 9.47 Å². The number of rotatable bonds is 6. The lowest BCUT2D eigenvalue weighted by molar-refractivity contribution is -0.138. The molecule has 9 heteroatoms. The van der Waals surface area contributed by atoms with Crippen LogP contribution in [0.3, 0.4) is 0 Å². The van der Waals surface area contributed by atoms with Crippen molar-refractivity contribution in [1.82, 2.24) is 0 Å². The van der Waals surface area contributed by atoms with Gasteiger partial charge < -0.3 is 9.47 Å². The van der Waals surface area contributed by atoms with Crippen LogP contribution in [0.5, 0.6) is 11.5 Å². The number of halogens is 2. The molecule has 29 heavy (non-hydrogen) atoms. The second-order valence-corrected chi connectivity index (χ2v) is 9.89. The van der Waals surface area contributed by atoms with Crippen molar-refractivity contribution in [3.05, 3.63) is 58.6 Å². The number of ether oxygens (including phenoxy) is 2. The second-order valence-electron chi connectivity index (χ2n) is 6.86. The summed E-state index contributed by atoms with van der Waals surface area (Å²) in [5.74, 6) is -1.85. The number of benzene rings is 2. The van der Waals surface area contributed by atoms with Crippen LogP contribution in [-0.2, 0) is 19.4 Å². The standard InChI is InChI=1S/C20H18Cl2O6S/c21-15-1-5-17(6-2-15)27-19(23)9-13-11-29(25,26)12-14(13)10-20(24)28-18-7-3-16(22)4-8-18/h1-8,13-14H,9-12H2/t13-,14-/m0/s1. The Labute approximate surface area is 178 Å². The molecule has 1 aliphatic heterocycles. The second kappa shape index (κ2) is 9.15. The monoisotopic (exact) mass is 456 g/mol. The largest absolute Gasteiger partial charge is 0.427 e. The lowest BCUT2D eigenvalue weighted by Crippen LogP contribution is -2.23. The molecule has 0 bridgehead atoms. The molecule has 1 fully saturated rings. The van der Waals surface area contributed by atoms with E-state index in [4.69, 9.17) is 32.7 Å². The lowest BCUT2D eigenvalue weighted by Gasteiger charge is -2.16. The molecule has 0 N–H and O–H groups in total. The number of carbonyl (C=O) groups excluding carboxylic acids is 2. The Kier molecular flexibility index (Phi) is 6.82. The van der Waals surface area contributed by atoms with Crippen molar-refractivity contribution < 1.29 is 27.5 Å². The Bertz CT molecular complexity index is 911. The number of esters is 2. The van der Waals surface area contributed by atoms with Crippen molar-refractivity contribution in [2.75, 3.05) is 11.5 Å². The Balaban J connectivity index is 1.60. The molecule has 2 atom stereocenters. The molecular formula is C20H18Cl2O6S. The van der Waals surface area contributed by atoms with Crippen molar-refractivity contribution in [3.8, 4) is 11.5 Å². The molecule has 0 unspecified atom stereocenters. The quantitative estimate of drug-likeness (QED) is 0.483. The maximum atomic E-state index is 12.2. The molecule has 0 saturated carbocycles. The molecule has 154 valence electrons. The van der Waals surface area contributed by atoms with E-state index < -0.39 is 33.6 Å². The van der Waals surface area contributed by atoms with Crippen LogP contribution in [0, 0.1) is 11.8 Å². The predicted molar refractivity (Wildman–Crippen MR) is 109 cm³/mol. The highest BCUT2D eigenvalue weighted by Crippen LogP contribution is 2.32. The third kappa shape index (κ3) is 6.45. The van der Waals surface area contributed by atoms with Crippen LogP contribution in [-0.4, -0.2) is 31.9 Å². The van der Waals surface area contributed by atoms with Gasteiger partial charge in [-0.05, 0) is 60.4 Å². The summed E-state index contributed by atoms with van der Waals surface area (Å²) >= 11 is 11.6. The Morgan fingerprint density at radius 1 is 0.759 bits per heavy atom. The summed E-state index contributed by atoms with van der Waals surface area (Å²) in [7, 11) is -3.34. The molecule has 1 saturated heterocycles. The first-order valence-corrected chi connectivity index (χ1v) is 11.4. The summed E-state index contributed by atoms with van der Waals surface area (Å²) in [5.41, 5.74) is 0. The van der Waals surface area contributed by atoms with E-state index in [0.29, 0.717) is 21.5 Å². The summed E-state index contributed by atoms with van der Waals surface area (Å²) < 4.78 is 34.6. The van der Waals surface area contributed by atoms with E-state index in [1.54, 1.807) is 48.5 Å². The summed E-state index contributed by atoms with van der Waals surface area (Å²) in [6.45, 7) is 0. The van der Waals surface area contributed by atoms with Crippen LogP contribution >= 0.6 is 23.2 Å². The molecule has 0 amide bonds. The number of carbonyl (C=O) groups is 2. The Morgan fingerprint density at radius 3 is 1.45 bits per heavy atom. The normalized spacial score (nSPS) is 20.2. The van der Waals surface area contributed by atoms with E-state index in [-0.39, 0.29) is 24.3 Å². The maximum absolute atomic E-state index is 12.2. The molecule has 1 aliphatic rings. The van der Waals surface area contributed by atoms with E-state index >= 15 is 0 Å². The number of sulfone groups is 1. The predicted octanol–water partition coefficient (Wildman–Crippen LogP) is 3.95. The van der Waals surface area contributed by atoms with Gasteiger partial charge in [0, 0.05) is 10.0 Å². The zero-order valence-corrected chi connectivity index (χ0v) is 17.5. The average Bonchev–Trinajstić information content (AvgIpc) is 2.91. The fourth-order valence-corrected chi connectivity index (χ4v) is 5.70. The van der Waals surface area contributed by atoms with Gasteiger partial charge in [0.25, 0.3) is 0 Å². The van der Waals surface area contributed by atoms with Crippen molar-refractivity contribution >= 4 is 45.0 Å². The van der Waals surface area contributed by atoms with Gasteiger partial charge in [0.1, 0.15) is 11.5 Å². The highest BCUT2D eigenvalue weighted by atomic mass is 35.5. The van der Waals surface area contributed by atoms with Crippen LogP contribution in [0.15, 0.2) is 48.5 Å². The molecule has 0 radical (unpaired) electrons. The molecule has 3 rings (SSSR count). The molecule has 0 aromatic heterocycles. The van der Waals surface area contributed by atoms with Crippen LogP contribution in [0.1, 0.15) is 12.8 Å². The first-order valence-electron chi connectivity index (χ1n) is 8.83. The third-order valence-electron chi connectivity index (χ3n) is 4.55. The molecule has 2 aromatic rings. The number of hydrogen-bond acceptors (Lipinski definition) is 6. The van der Waals surface area contributed by atoms with Crippen LogP contribution in [0.4, 0.5) is 0 Å². The Morgan fingerprint density at radius 2 is 1.10 bits per heavy atom.